The van der Waals surface area contributed by atoms with Gasteiger partial charge in [0.15, 0.2) is 12.7 Å². The van der Waals surface area contributed by atoms with Gasteiger partial charge in [0.2, 0.25) is 10.0 Å². The van der Waals surface area contributed by atoms with Crippen molar-refractivity contribution in [1.29, 1.82) is 0 Å². The number of sulfonamides is 1. The first kappa shape index (κ1) is 21.1. The molecular weight excluding hydrogens is 372 g/mol. The molecule has 1 heterocycles. The predicted octanol–water partition coefficient (Wildman–Crippen LogP) is 0.654. The molecule has 1 atom stereocenters. The first-order chi connectivity index (χ1) is 12.9. The SMILES string of the molecule is C=CCOC(C)C(=O)OCC(=O)N1CCN(S(=O)(=O)c2ccccc2)CC1. The van der Waals surface area contributed by atoms with E-state index in [2.05, 4.69) is 6.58 Å². The van der Waals surface area contributed by atoms with Crippen LogP contribution >= 0.6 is 0 Å². The van der Waals surface area contributed by atoms with E-state index in [1.165, 1.54) is 22.2 Å². The summed E-state index contributed by atoms with van der Waals surface area (Å²) in [6.45, 7) is 5.69. The fourth-order valence-corrected chi connectivity index (χ4v) is 3.98. The average Bonchev–Trinajstić information content (AvgIpc) is 2.70. The highest BCUT2D eigenvalue weighted by Crippen LogP contribution is 2.17. The number of carbonyl (C=O) groups excluding carboxylic acids is 2. The van der Waals surface area contributed by atoms with Gasteiger partial charge in [0.05, 0.1) is 11.5 Å². The third-order valence-electron chi connectivity index (χ3n) is 4.11. The minimum absolute atomic E-state index is 0.190. The van der Waals surface area contributed by atoms with Gasteiger partial charge < -0.3 is 14.4 Å². The van der Waals surface area contributed by atoms with E-state index in [0.29, 0.717) is 0 Å². The van der Waals surface area contributed by atoms with E-state index in [1.54, 1.807) is 30.3 Å². The lowest BCUT2D eigenvalue weighted by atomic mass is 10.3. The first-order valence-electron chi connectivity index (χ1n) is 8.58. The molecule has 1 fully saturated rings. The van der Waals surface area contributed by atoms with Crippen LogP contribution in [0.1, 0.15) is 6.92 Å². The van der Waals surface area contributed by atoms with Crippen LogP contribution in [0, 0.1) is 0 Å². The molecule has 1 aliphatic heterocycles. The van der Waals surface area contributed by atoms with Crippen molar-refractivity contribution < 1.29 is 27.5 Å². The molecule has 1 aromatic rings. The Kier molecular flexibility index (Phi) is 7.52. The minimum atomic E-state index is -3.57. The van der Waals surface area contributed by atoms with Gasteiger partial charge in [0.25, 0.3) is 5.91 Å². The summed E-state index contributed by atoms with van der Waals surface area (Å²) in [7, 11) is -3.57. The van der Waals surface area contributed by atoms with Gasteiger partial charge >= 0.3 is 5.97 Å². The van der Waals surface area contributed by atoms with Crippen LogP contribution in [-0.2, 0) is 29.1 Å². The van der Waals surface area contributed by atoms with Crippen molar-refractivity contribution in [3.63, 3.8) is 0 Å². The van der Waals surface area contributed by atoms with E-state index >= 15 is 0 Å². The van der Waals surface area contributed by atoms with Gasteiger partial charge in [0.1, 0.15) is 0 Å². The normalized spacial score (nSPS) is 16.6. The number of hydrogen-bond acceptors (Lipinski definition) is 6. The largest absolute Gasteiger partial charge is 0.454 e. The lowest BCUT2D eigenvalue weighted by Crippen LogP contribution is -2.51. The lowest BCUT2D eigenvalue weighted by Gasteiger charge is -2.33. The summed E-state index contributed by atoms with van der Waals surface area (Å²) in [4.78, 5) is 25.6. The van der Waals surface area contributed by atoms with Gasteiger partial charge in [-0.15, -0.1) is 6.58 Å². The standard InChI is InChI=1S/C18H24N2O6S/c1-3-13-25-15(2)18(22)26-14-17(21)19-9-11-20(12-10-19)27(23,24)16-7-5-4-6-8-16/h3-8,15H,1,9-14H2,2H3. The highest BCUT2D eigenvalue weighted by atomic mass is 32.2. The summed E-state index contributed by atoms with van der Waals surface area (Å²) in [6, 6.07) is 8.17. The molecule has 0 aliphatic carbocycles. The molecule has 0 saturated carbocycles. The fourth-order valence-electron chi connectivity index (χ4n) is 2.54. The second-order valence-corrected chi connectivity index (χ2v) is 7.91. The lowest BCUT2D eigenvalue weighted by molar-refractivity contribution is -0.160. The van der Waals surface area contributed by atoms with Crippen LogP contribution in [0.3, 0.4) is 0 Å². The highest BCUT2D eigenvalue weighted by Gasteiger charge is 2.30. The molecular formula is C18H24N2O6S. The quantitative estimate of drug-likeness (QED) is 0.473. The Labute approximate surface area is 159 Å². The van der Waals surface area contributed by atoms with Crippen LogP contribution < -0.4 is 0 Å². The molecule has 0 radical (unpaired) electrons. The van der Waals surface area contributed by atoms with Crippen molar-refractivity contribution in [1.82, 2.24) is 9.21 Å². The summed E-state index contributed by atoms with van der Waals surface area (Å²) in [5.74, 6) is -0.994. The molecule has 0 spiro atoms. The fraction of sp³-hybridized carbons (Fsp3) is 0.444. The summed E-state index contributed by atoms with van der Waals surface area (Å²) >= 11 is 0. The summed E-state index contributed by atoms with van der Waals surface area (Å²) in [5, 5.41) is 0. The number of nitrogens with zero attached hydrogens (tertiary/aromatic N) is 2. The molecule has 1 saturated heterocycles. The second kappa shape index (κ2) is 9.63. The third kappa shape index (κ3) is 5.62. The van der Waals surface area contributed by atoms with E-state index in [-0.39, 0.29) is 43.6 Å². The Morgan fingerprint density at radius 1 is 1.19 bits per heavy atom. The molecule has 1 aliphatic rings. The number of carbonyl (C=O) groups is 2. The van der Waals surface area contributed by atoms with Crippen LogP contribution in [-0.4, -0.2) is 75.0 Å². The number of piperazine rings is 1. The van der Waals surface area contributed by atoms with Crippen LogP contribution in [0.2, 0.25) is 0 Å². The van der Waals surface area contributed by atoms with Crippen molar-refractivity contribution in [2.75, 3.05) is 39.4 Å². The molecule has 9 heteroatoms. The number of ether oxygens (including phenoxy) is 2. The van der Waals surface area contributed by atoms with Gasteiger partial charge in [0, 0.05) is 26.2 Å². The number of benzene rings is 1. The molecule has 1 unspecified atom stereocenters. The predicted molar refractivity (Wildman–Crippen MR) is 98.4 cm³/mol. The van der Waals surface area contributed by atoms with Crippen molar-refractivity contribution in [2.24, 2.45) is 0 Å². The van der Waals surface area contributed by atoms with Crippen LogP contribution in [0.5, 0.6) is 0 Å². The number of esters is 1. The van der Waals surface area contributed by atoms with Crippen molar-refractivity contribution >= 4 is 21.9 Å². The molecule has 27 heavy (non-hydrogen) atoms. The highest BCUT2D eigenvalue weighted by molar-refractivity contribution is 7.89. The summed E-state index contributed by atoms with van der Waals surface area (Å²) in [5.41, 5.74) is 0. The number of hydrogen-bond donors (Lipinski definition) is 0. The van der Waals surface area contributed by atoms with E-state index in [1.807, 2.05) is 0 Å². The minimum Gasteiger partial charge on any atom is -0.454 e. The first-order valence-corrected chi connectivity index (χ1v) is 10.0. The molecule has 8 nitrogen and oxygen atoms in total. The Morgan fingerprint density at radius 2 is 1.81 bits per heavy atom. The second-order valence-electron chi connectivity index (χ2n) is 5.97. The van der Waals surface area contributed by atoms with Crippen LogP contribution in [0.25, 0.3) is 0 Å². The molecule has 2 rings (SSSR count). The Hall–Kier alpha value is -2.23. The van der Waals surface area contributed by atoms with Crippen molar-refractivity contribution in [3.05, 3.63) is 43.0 Å². The topological polar surface area (TPSA) is 93.2 Å². The molecule has 148 valence electrons. The van der Waals surface area contributed by atoms with E-state index in [0.717, 1.165) is 0 Å². The smallest absolute Gasteiger partial charge is 0.335 e. The average molecular weight is 396 g/mol. The Bertz CT molecular complexity index is 757. The van der Waals surface area contributed by atoms with Crippen LogP contribution in [0.4, 0.5) is 0 Å². The maximum Gasteiger partial charge on any atom is 0.335 e. The maximum atomic E-state index is 12.6. The zero-order valence-corrected chi connectivity index (χ0v) is 16.1. The summed E-state index contributed by atoms with van der Waals surface area (Å²) < 4.78 is 36.6. The van der Waals surface area contributed by atoms with Gasteiger partial charge in [-0.1, -0.05) is 24.3 Å². The van der Waals surface area contributed by atoms with Crippen molar-refractivity contribution in [2.45, 2.75) is 17.9 Å². The van der Waals surface area contributed by atoms with E-state index < -0.39 is 28.7 Å². The number of rotatable bonds is 8. The maximum absolute atomic E-state index is 12.6. The van der Waals surface area contributed by atoms with Gasteiger partial charge in [-0.2, -0.15) is 4.31 Å². The zero-order chi connectivity index (χ0) is 19.9. The Balaban J connectivity index is 1.82. The Morgan fingerprint density at radius 3 is 2.41 bits per heavy atom. The van der Waals surface area contributed by atoms with E-state index in [9.17, 15) is 18.0 Å². The molecule has 1 aromatic carbocycles. The molecule has 0 N–H and O–H groups in total. The number of amides is 1. The molecule has 0 bridgehead atoms. The van der Waals surface area contributed by atoms with Crippen LogP contribution in [0.15, 0.2) is 47.9 Å². The third-order valence-corrected chi connectivity index (χ3v) is 6.02. The van der Waals surface area contributed by atoms with Gasteiger partial charge in [-0.25, -0.2) is 13.2 Å². The zero-order valence-electron chi connectivity index (χ0n) is 15.2. The van der Waals surface area contributed by atoms with Gasteiger partial charge in [-0.3, -0.25) is 4.79 Å². The molecule has 1 amide bonds. The molecule has 0 aromatic heterocycles. The van der Waals surface area contributed by atoms with Gasteiger partial charge in [-0.05, 0) is 19.1 Å². The van der Waals surface area contributed by atoms with Crippen molar-refractivity contribution in [3.8, 4) is 0 Å². The monoisotopic (exact) mass is 396 g/mol. The summed E-state index contributed by atoms with van der Waals surface area (Å²) in [6.07, 6.45) is 0.724. The van der Waals surface area contributed by atoms with E-state index in [4.69, 9.17) is 9.47 Å².